The van der Waals surface area contributed by atoms with E-state index in [9.17, 15) is 14.7 Å². The molecule has 2 aromatic rings. The third-order valence-electron chi connectivity index (χ3n) is 6.94. The van der Waals surface area contributed by atoms with Crippen LogP contribution < -0.4 is 9.47 Å². The second kappa shape index (κ2) is 10.6. The van der Waals surface area contributed by atoms with Crippen molar-refractivity contribution in [3.05, 3.63) is 58.7 Å². The van der Waals surface area contributed by atoms with Gasteiger partial charge in [0.15, 0.2) is 11.5 Å². The Bertz CT molecular complexity index is 1180. The summed E-state index contributed by atoms with van der Waals surface area (Å²) in [6.45, 7) is 1.61. The van der Waals surface area contributed by atoms with Gasteiger partial charge in [-0.3, -0.25) is 14.6 Å². The van der Waals surface area contributed by atoms with Crippen LogP contribution in [0.3, 0.4) is 0 Å². The highest BCUT2D eigenvalue weighted by Crippen LogP contribution is 2.36. The minimum Gasteiger partial charge on any atom is -0.493 e. The van der Waals surface area contributed by atoms with Crippen LogP contribution >= 0.6 is 0 Å². The maximum atomic E-state index is 13.2. The van der Waals surface area contributed by atoms with Gasteiger partial charge in [-0.05, 0) is 73.1 Å². The zero-order chi connectivity index (χ0) is 24.9. The van der Waals surface area contributed by atoms with Crippen molar-refractivity contribution in [2.75, 3.05) is 33.9 Å². The first-order chi connectivity index (χ1) is 16.9. The number of carboxylic acids is 1. The van der Waals surface area contributed by atoms with Crippen molar-refractivity contribution in [2.45, 2.75) is 25.7 Å². The highest BCUT2D eigenvalue weighted by atomic mass is 16.5. The monoisotopic (exact) mass is 475 g/mol. The number of carbonyl (C=O) groups excluding carboxylic acids is 1. The quantitative estimate of drug-likeness (QED) is 0.655. The number of carbonyl (C=O) groups is 2. The fourth-order valence-corrected chi connectivity index (χ4v) is 5.08. The number of hydrogen-bond donors (Lipinski definition) is 1. The number of aliphatic carboxylic acids is 1. The molecule has 0 unspecified atom stereocenters. The molecule has 2 aromatic carbocycles. The van der Waals surface area contributed by atoms with Crippen molar-refractivity contribution in [2.24, 2.45) is 16.8 Å². The molecule has 2 atom stereocenters. The van der Waals surface area contributed by atoms with Crippen LogP contribution in [0.1, 0.15) is 46.3 Å². The van der Waals surface area contributed by atoms with Crippen LogP contribution in [0.4, 0.5) is 0 Å². The Labute approximate surface area is 204 Å². The van der Waals surface area contributed by atoms with Crippen molar-refractivity contribution in [3.63, 3.8) is 0 Å². The maximum Gasteiger partial charge on any atom is 0.303 e. The first-order valence-electron chi connectivity index (χ1n) is 11.7. The number of amides is 1. The van der Waals surface area contributed by atoms with Crippen LogP contribution in [0.15, 0.2) is 41.4 Å². The van der Waals surface area contributed by atoms with E-state index in [2.05, 4.69) is 6.07 Å². The van der Waals surface area contributed by atoms with Crippen molar-refractivity contribution in [1.82, 2.24) is 4.90 Å². The van der Waals surface area contributed by atoms with Gasteiger partial charge in [-0.15, -0.1) is 0 Å². The van der Waals surface area contributed by atoms with Crippen molar-refractivity contribution in [1.29, 1.82) is 5.26 Å². The Morgan fingerprint density at radius 3 is 2.51 bits per heavy atom. The van der Waals surface area contributed by atoms with Gasteiger partial charge in [-0.2, -0.15) is 5.26 Å². The van der Waals surface area contributed by atoms with Gasteiger partial charge < -0.3 is 19.5 Å². The average Bonchev–Trinajstić information content (AvgIpc) is 2.88. The van der Waals surface area contributed by atoms with E-state index in [1.807, 2.05) is 12.1 Å². The molecule has 0 spiro atoms. The van der Waals surface area contributed by atoms with Crippen LogP contribution in [-0.2, 0) is 11.2 Å². The summed E-state index contributed by atoms with van der Waals surface area (Å²) in [6, 6.07) is 12.6. The average molecular weight is 476 g/mol. The minimum atomic E-state index is -0.829. The number of fused-ring (bicyclic) bond motifs is 1. The highest BCUT2D eigenvalue weighted by Gasteiger charge is 2.35. The summed E-state index contributed by atoms with van der Waals surface area (Å²) in [5.41, 5.74) is 4.07. The van der Waals surface area contributed by atoms with E-state index >= 15 is 0 Å². The predicted molar refractivity (Wildman–Crippen MR) is 130 cm³/mol. The molecule has 1 fully saturated rings. The fraction of sp³-hybridized carbons (Fsp3) is 0.407. The van der Waals surface area contributed by atoms with Crippen LogP contribution in [0.25, 0.3) is 0 Å². The summed E-state index contributed by atoms with van der Waals surface area (Å²) < 4.78 is 11.0. The van der Waals surface area contributed by atoms with E-state index in [0.717, 1.165) is 23.3 Å². The lowest BCUT2D eigenvalue weighted by molar-refractivity contribution is -0.138. The molecule has 0 saturated carbocycles. The number of likely N-dealkylation sites (tertiary alicyclic amines) is 1. The second-order valence-electron chi connectivity index (χ2n) is 8.99. The minimum absolute atomic E-state index is 0.0417. The molecule has 1 amide bonds. The van der Waals surface area contributed by atoms with Crippen molar-refractivity contribution >= 4 is 17.6 Å². The van der Waals surface area contributed by atoms with Crippen LogP contribution in [0, 0.1) is 23.2 Å². The molecular formula is C27H29N3O5. The Morgan fingerprint density at radius 2 is 1.86 bits per heavy atom. The normalized spacial score (nSPS) is 19.2. The summed E-state index contributed by atoms with van der Waals surface area (Å²) >= 11 is 0. The number of benzene rings is 2. The molecule has 8 heteroatoms. The summed E-state index contributed by atoms with van der Waals surface area (Å²) in [4.78, 5) is 31.4. The molecule has 0 bridgehead atoms. The number of methoxy groups -OCH3 is 2. The molecule has 2 aliphatic rings. The lowest BCUT2D eigenvalue weighted by Gasteiger charge is -2.39. The number of aliphatic imine (C=N–C) groups is 1. The number of ether oxygens (including phenoxy) is 2. The third kappa shape index (κ3) is 5.29. The van der Waals surface area contributed by atoms with Crippen LogP contribution in [-0.4, -0.2) is 61.4 Å². The molecule has 0 radical (unpaired) electrons. The molecule has 4 rings (SSSR count). The first kappa shape index (κ1) is 24.3. The van der Waals surface area contributed by atoms with E-state index in [1.165, 1.54) is 0 Å². The topological polar surface area (TPSA) is 112 Å². The zero-order valence-corrected chi connectivity index (χ0v) is 20.0. The van der Waals surface area contributed by atoms with E-state index in [0.29, 0.717) is 55.1 Å². The molecule has 182 valence electrons. The van der Waals surface area contributed by atoms with Gasteiger partial charge in [0, 0.05) is 42.9 Å². The SMILES string of the molecule is COc1cc2c(cc1OC)C(C[C@H]1CN(C(=O)c3ccc(C#N)cc3)CC[C@H]1CC(=O)O)=NCC2. The van der Waals surface area contributed by atoms with E-state index in [-0.39, 0.29) is 24.2 Å². The van der Waals surface area contributed by atoms with Gasteiger partial charge in [0.2, 0.25) is 0 Å². The molecular weight excluding hydrogens is 446 g/mol. The fourth-order valence-electron chi connectivity index (χ4n) is 5.08. The van der Waals surface area contributed by atoms with E-state index in [1.54, 1.807) is 43.4 Å². The molecule has 8 nitrogen and oxygen atoms in total. The van der Waals surface area contributed by atoms with Gasteiger partial charge in [-0.25, -0.2) is 0 Å². The van der Waals surface area contributed by atoms with E-state index < -0.39 is 5.97 Å². The Hall–Kier alpha value is -3.86. The Kier molecular flexibility index (Phi) is 7.35. The number of carboxylic acid groups (broad SMARTS) is 1. The van der Waals surface area contributed by atoms with Crippen molar-refractivity contribution < 1.29 is 24.2 Å². The summed E-state index contributed by atoms with van der Waals surface area (Å²) in [5.74, 6) is 0.276. The first-order valence-corrected chi connectivity index (χ1v) is 11.7. The summed E-state index contributed by atoms with van der Waals surface area (Å²) in [6.07, 6.45) is 2.06. The van der Waals surface area contributed by atoms with Gasteiger partial charge in [-0.1, -0.05) is 0 Å². The number of nitrogens with zero attached hydrogens (tertiary/aromatic N) is 3. The second-order valence-corrected chi connectivity index (χ2v) is 8.99. The molecule has 2 aliphatic heterocycles. The van der Waals surface area contributed by atoms with E-state index in [4.69, 9.17) is 19.7 Å². The molecule has 1 N–H and O–H groups in total. The molecule has 2 heterocycles. The summed E-state index contributed by atoms with van der Waals surface area (Å²) in [7, 11) is 3.21. The highest BCUT2D eigenvalue weighted by molar-refractivity contribution is 6.03. The Balaban J connectivity index is 1.58. The lowest BCUT2D eigenvalue weighted by atomic mass is 9.78. The standard InChI is InChI=1S/C27H29N3O5/c1-34-24-12-20-7-9-29-23(22(20)14-25(24)35-2)11-21-16-30(10-8-19(21)13-26(31)32)27(33)18-5-3-17(15-28)4-6-18/h3-6,12,14,19,21H,7-11,13,16H2,1-2H3,(H,31,32)/t19-,21-/m0/s1. The Morgan fingerprint density at radius 1 is 1.14 bits per heavy atom. The number of nitriles is 1. The smallest absolute Gasteiger partial charge is 0.303 e. The number of piperidine rings is 1. The van der Waals surface area contributed by atoms with Gasteiger partial charge in [0.25, 0.3) is 5.91 Å². The lowest BCUT2D eigenvalue weighted by Crippen LogP contribution is -2.45. The van der Waals surface area contributed by atoms with Gasteiger partial charge in [0.05, 0.1) is 25.9 Å². The van der Waals surface area contributed by atoms with Gasteiger partial charge >= 0.3 is 5.97 Å². The zero-order valence-electron chi connectivity index (χ0n) is 20.0. The number of rotatable bonds is 7. The largest absolute Gasteiger partial charge is 0.493 e. The van der Waals surface area contributed by atoms with Crippen LogP contribution in [0.5, 0.6) is 11.5 Å². The van der Waals surface area contributed by atoms with Crippen molar-refractivity contribution in [3.8, 4) is 17.6 Å². The summed E-state index contributed by atoms with van der Waals surface area (Å²) in [5, 5.41) is 18.5. The number of hydrogen-bond acceptors (Lipinski definition) is 6. The molecule has 1 saturated heterocycles. The van der Waals surface area contributed by atoms with Crippen LogP contribution in [0.2, 0.25) is 0 Å². The van der Waals surface area contributed by atoms with Gasteiger partial charge in [0.1, 0.15) is 0 Å². The maximum absolute atomic E-state index is 13.2. The molecule has 0 aliphatic carbocycles. The molecule has 35 heavy (non-hydrogen) atoms. The molecule has 0 aromatic heterocycles. The third-order valence-corrected chi connectivity index (χ3v) is 6.94. The predicted octanol–water partition coefficient (Wildman–Crippen LogP) is 3.56.